The Morgan fingerprint density at radius 2 is 1.71 bits per heavy atom. The number of hydrogen-bond donors (Lipinski definition) is 1. The lowest BCUT2D eigenvalue weighted by Gasteiger charge is -2.17. The summed E-state index contributed by atoms with van der Waals surface area (Å²) in [7, 11) is 0. The topological polar surface area (TPSA) is 40.9 Å². The van der Waals surface area contributed by atoms with Crippen molar-refractivity contribution in [2.24, 2.45) is 0 Å². The smallest absolute Gasteiger partial charge is 0.309 e. The molecular formula is C18H13BrF3NO. The van der Waals surface area contributed by atoms with Gasteiger partial charge < -0.3 is 5.41 Å². The summed E-state index contributed by atoms with van der Waals surface area (Å²) in [6.07, 6.45) is -4.28. The molecule has 1 aliphatic carbocycles. The van der Waals surface area contributed by atoms with Gasteiger partial charge in [-0.05, 0) is 39.5 Å². The number of carbonyl (C=O) groups is 1. The summed E-state index contributed by atoms with van der Waals surface area (Å²) in [5.74, 6) is -1.65. The van der Waals surface area contributed by atoms with E-state index < -0.39 is 23.6 Å². The minimum atomic E-state index is -4.52. The van der Waals surface area contributed by atoms with E-state index in [2.05, 4.69) is 15.9 Å². The van der Waals surface area contributed by atoms with Gasteiger partial charge in [-0.1, -0.05) is 42.5 Å². The normalized spacial score (nSPS) is 21.3. The highest BCUT2D eigenvalue weighted by molar-refractivity contribution is 9.10. The first-order chi connectivity index (χ1) is 11.3. The van der Waals surface area contributed by atoms with Crippen LogP contribution < -0.4 is 0 Å². The number of Topliss-reactive ketones (excluding diaryl/α,β-unsaturated/α-hetero) is 1. The van der Waals surface area contributed by atoms with Gasteiger partial charge in [-0.3, -0.25) is 4.79 Å². The van der Waals surface area contributed by atoms with Gasteiger partial charge in [0.15, 0.2) is 5.78 Å². The molecule has 0 aliphatic heterocycles. The van der Waals surface area contributed by atoms with Crippen molar-refractivity contribution in [1.82, 2.24) is 0 Å². The van der Waals surface area contributed by atoms with Gasteiger partial charge >= 0.3 is 6.18 Å². The Morgan fingerprint density at radius 1 is 1.04 bits per heavy atom. The lowest BCUT2D eigenvalue weighted by Crippen LogP contribution is -2.17. The second-order valence-corrected chi connectivity index (χ2v) is 6.53. The van der Waals surface area contributed by atoms with Crippen LogP contribution in [-0.2, 0) is 11.0 Å². The average Bonchev–Trinajstić information content (AvgIpc) is 2.82. The van der Waals surface area contributed by atoms with Gasteiger partial charge in [-0.2, -0.15) is 13.2 Å². The average molecular weight is 396 g/mol. The fraction of sp³-hybridized carbons (Fsp3) is 0.222. The van der Waals surface area contributed by atoms with E-state index in [0.29, 0.717) is 0 Å². The maximum atomic E-state index is 13.1. The predicted molar refractivity (Wildman–Crippen MR) is 88.4 cm³/mol. The molecule has 124 valence electrons. The highest BCUT2D eigenvalue weighted by atomic mass is 79.9. The largest absolute Gasteiger partial charge is 0.417 e. The number of hydrogen-bond acceptors (Lipinski definition) is 2. The summed E-state index contributed by atoms with van der Waals surface area (Å²) in [4.78, 5) is 12.8. The quantitative estimate of drug-likeness (QED) is 0.733. The van der Waals surface area contributed by atoms with Gasteiger partial charge in [0.1, 0.15) is 0 Å². The maximum Gasteiger partial charge on any atom is 0.417 e. The maximum absolute atomic E-state index is 13.1. The Morgan fingerprint density at radius 3 is 2.33 bits per heavy atom. The Hall–Kier alpha value is -1.95. The number of alkyl halides is 3. The van der Waals surface area contributed by atoms with Crippen molar-refractivity contribution in [3.8, 4) is 0 Å². The standard InChI is InChI=1S/C18H13BrF3NO/c19-16-11(7-4-8-13(16)18(20,21)22)15-14(23)9-12(17(15)24)10-5-2-1-3-6-10/h1-8,12,15,23H,9H2. The van der Waals surface area contributed by atoms with Crippen LogP contribution in [0.5, 0.6) is 0 Å². The van der Waals surface area contributed by atoms with Crippen LogP contribution in [0.3, 0.4) is 0 Å². The number of carbonyl (C=O) groups excluding carboxylic acids is 1. The summed E-state index contributed by atoms with van der Waals surface area (Å²) >= 11 is 2.99. The van der Waals surface area contributed by atoms with Gasteiger partial charge in [0.2, 0.25) is 0 Å². The summed E-state index contributed by atoms with van der Waals surface area (Å²) in [6, 6.07) is 12.8. The molecule has 0 aromatic heterocycles. The molecule has 2 aromatic carbocycles. The molecule has 0 radical (unpaired) electrons. The third-order valence-electron chi connectivity index (χ3n) is 4.25. The van der Waals surface area contributed by atoms with E-state index in [1.807, 2.05) is 6.07 Å². The summed E-state index contributed by atoms with van der Waals surface area (Å²) < 4.78 is 39.1. The second kappa shape index (κ2) is 6.16. The van der Waals surface area contributed by atoms with Crippen LogP contribution in [-0.4, -0.2) is 11.5 Å². The SMILES string of the molecule is N=C1CC(c2ccccc2)C(=O)C1c1cccc(C(F)(F)F)c1Br. The number of benzene rings is 2. The van der Waals surface area contributed by atoms with E-state index in [0.717, 1.165) is 11.6 Å². The number of ketones is 1. The van der Waals surface area contributed by atoms with Crippen LogP contribution >= 0.6 is 15.9 Å². The number of nitrogens with one attached hydrogen (secondary N) is 1. The molecular weight excluding hydrogens is 383 g/mol. The Labute approximate surface area is 145 Å². The third kappa shape index (κ3) is 2.90. The highest BCUT2D eigenvalue weighted by Gasteiger charge is 2.42. The summed E-state index contributed by atoms with van der Waals surface area (Å²) in [6.45, 7) is 0. The van der Waals surface area contributed by atoms with E-state index in [-0.39, 0.29) is 28.0 Å². The van der Waals surface area contributed by atoms with Crippen LogP contribution in [0.25, 0.3) is 0 Å². The molecule has 2 atom stereocenters. The molecule has 6 heteroatoms. The van der Waals surface area contributed by atoms with Crippen molar-refractivity contribution in [2.45, 2.75) is 24.4 Å². The van der Waals surface area contributed by atoms with E-state index in [4.69, 9.17) is 5.41 Å². The fourth-order valence-electron chi connectivity index (χ4n) is 3.11. The lowest BCUT2D eigenvalue weighted by molar-refractivity contribution is -0.138. The van der Waals surface area contributed by atoms with Gasteiger partial charge in [0.05, 0.1) is 11.5 Å². The molecule has 24 heavy (non-hydrogen) atoms. The summed E-state index contributed by atoms with van der Waals surface area (Å²) in [5, 5.41) is 8.15. The Bertz CT molecular complexity index is 802. The zero-order valence-corrected chi connectivity index (χ0v) is 14.0. The first-order valence-corrected chi connectivity index (χ1v) is 8.11. The van der Waals surface area contributed by atoms with Crippen LogP contribution in [0.4, 0.5) is 13.2 Å². The predicted octanol–water partition coefficient (Wildman–Crippen LogP) is 5.33. The van der Waals surface area contributed by atoms with Gasteiger partial charge in [0.25, 0.3) is 0 Å². The molecule has 2 aromatic rings. The Kier molecular flexibility index (Phi) is 4.34. The van der Waals surface area contributed by atoms with Crippen molar-refractivity contribution in [1.29, 1.82) is 5.41 Å². The van der Waals surface area contributed by atoms with E-state index >= 15 is 0 Å². The molecule has 1 N–H and O–H groups in total. The molecule has 0 spiro atoms. The molecule has 1 saturated carbocycles. The van der Waals surface area contributed by atoms with Gasteiger partial charge in [-0.25, -0.2) is 0 Å². The highest BCUT2D eigenvalue weighted by Crippen LogP contribution is 2.44. The van der Waals surface area contributed by atoms with E-state index in [1.165, 1.54) is 12.1 Å². The molecule has 2 unspecified atom stereocenters. The third-order valence-corrected chi connectivity index (χ3v) is 5.13. The number of halogens is 4. The van der Waals surface area contributed by atoms with Crippen molar-refractivity contribution in [2.75, 3.05) is 0 Å². The Balaban J connectivity index is 2.02. The van der Waals surface area contributed by atoms with Crippen molar-refractivity contribution in [3.05, 3.63) is 69.7 Å². The molecule has 0 bridgehead atoms. The first-order valence-electron chi connectivity index (χ1n) is 7.32. The van der Waals surface area contributed by atoms with Gasteiger partial charge in [-0.15, -0.1) is 0 Å². The molecule has 1 fully saturated rings. The molecule has 3 rings (SSSR count). The molecule has 1 aliphatic rings. The minimum Gasteiger partial charge on any atom is -0.309 e. The second-order valence-electron chi connectivity index (χ2n) is 5.73. The monoisotopic (exact) mass is 395 g/mol. The van der Waals surface area contributed by atoms with Crippen LogP contribution in [0, 0.1) is 5.41 Å². The van der Waals surface area contributed by atoms with Crippen molar-refractivity contribution >= 4 is 27.4 Å². The molecule has 0 amide bonds. The minimum absolute atomic E-state index is 0.147. The molecule has 0 saturated heterocycles. The molecule has 2 nitrogen and oxygen atoms in total. The zero-order valence-electron chi connectivity index (χ0n) is 12.4. The summed E-state index contributed by atoms with van der Waals surface area (Å²) in [5.41, 5.74) is 0.314. The van der Waals surface area contributed by atoms with Crippen LogP contribution in [0.2, 0.25) is 0 Å². The van der Waals surface area contributed by atoms with Crippen LogP contribution in [0.1, 0.15) is 34.9 Å². The first kappa shape index (κ1) is 16.9. The van der Waals surface area contributed by atoms with Crippen molar-refractivity contribution < 1.29 is 18.0 Å². The van der Waals surface area contributed by atoms with E-state index in [9.17, 15) is 18.0 Å². The zero-order chi connectivity index (χ0) is 17.5. The van der Waals surface area contributed by atoms with Gasteiger partial charge in [0, 0.05) is 16.1 Å². The lowest BCUT2D eigenvalue weighted by atomic mass is 9.90. The number of rotatable bonds is 2. The fourth-order valence-corrected chi connectivity index (χ4v) is 3.83. The molecule has 0 heterocycles. The van der Waals surface area contributed by atoms with Crippen molar-refractivity contribution in [3.63, 3.8) is 0 Å². The van der Waals surface area contributed by atoms with E-state index in [1.54, 1.807) is 24.3 Å². The van der Waals surface area contributed by atoms with Crippen LogP contribution in [0.15, 0.2) is 53.0 Å².